The summed E-state index contributed by atoms with van der Waals surface area (Å²) in [5.74, 6) is -0.915. The van der Waals surface area contributed by atoms with Crippen molar-refractivity contribution in [3.05, 3.63) is 12.3 Å². The summed E-state index contributed by atoms with van der Waals surface area (Å²) in [5, 5.41) is 8.50. The summed E-state index contributed by atoms with van der Waals surface area (Å²) in [6.45, 7) is 7.46. The van der Waals surface area contributed by atoms with Gasteiger partial charge in [0, 0.05) is 25.4 Å². The van der Waals surface area contributed by atoms with Crippen molar-refractivity contribution < 1.29 is 14.6 Å². The number of ether oxygens (including phenoxy) is 1. The van der Waals surface area contributed by atoms with E-state index < -0.39 is 5.97 Å². The summed E-state index contributed by atoms with van der Waals surface area (Å²) in [6, 6.07) is 0. The topological polar surface area (TPSA) is 49.8 Å². The van der Waals surface area contributed by atoms with Crippen molar-refractivity contribution in [1.29, 1.82) is 0 Å². The fourth-order valence-corrected chi connectivity index (χ4v) is 1.79. The van der Waals surface area contributed by atoms with E-state index >= 15 is 0 Å². The van der Waals surface area contributed by atoms with Gasteiger partial charge >= 0.3 is 5.97 Å². The first-order chi connectivity index (χ1) is 6.39. The second kappa shape index (κ2) is 4.00. The van der Waals surface area contributed by atoms with Gasteiger partial charge in [-0.25, -0.2) is 4.79 Å². The van der Waals surface area contributed by atoms with Gasteiger partial charge in [0.1, 0.15) is 0 Å². The van der Waals surface area contributed by atoms with Crippen LogP contribution in [0.5, 0.6) is 0 Å². The molecule has 0 aromatic carbocycles. The summed E-state index contributed by atoms with van der Waals surface area (Å²) in [7, 11) is 0. The molecule has 0 amide bonds. The molecule has 0 aromatic heterocycles. The summed E-state index contributed by atoms with van der Waals surface area (Å²) >= 11 is 0. The van der Waals surface area contributed by atoms with E-state index in [2.05, 4.69) is 0 Å². The zero-order valence-corrected chi connectivity index (χ0v) is 8.86. The third-order valence-electron chi connectivity index (χ3n) is 2.02. The Morgan fingerprint density at radius 2 is 2.29 bits per heavy atom. The number of hydrogen-bond acceptors (Lipinski definition) is 3. The highest BCUT2D eigenvalue weighted by Crippen LogP contribution is 2.20. The normalized spacial score (nSPS) is 26.8. The SMILES string of the molecule is CC1CN(/C=C/C(=O)O)CC(C)(C)O1. The van der Waals surface area contributed by atoms with Gasteiger partial charge in [-0.3, -0.25) is 0 Å². The number of hydrogen-bond donors (Lipinski definition) is 1. The fraction of sp³-hybridized carbons (Fsp3) is 0.700. The van der Waals surface area contributed by atoms with E-state index in [4.69, 9.17) is 9.84 Å². The van der Waals surface area contributed by atoms with Gasteiger partial charge in [-0.2, -0.15) is 0 Å². The van der Waals surface area contributed by atoms with Crippen LogP contribution in [0.25, 0.3) is 0 Å². The average Bonchev–Trinajstić information content (AvgIpc) is 1.96. The molecule has 1 fully saturated rings. The maximum absolute atomic E-state index is 10.3. The summed E-state index contributed by atoms with van der Waals surface area (Å²) in [6.07, 6.45) is 2.91. The van der Waals surface area contributed by atoms with Crippen LogP contribution in [0.1, 0.15) is 20.8 Å². The van der Waals surface area contributed by atoms with Gasteiger partial charge in [-0.15, -0.1) is 0 Å². The molecule has 0 aliphatic carbocycles. The lowest BCUT2D eigenvalue weighted by Gasteiger charge is -2.41. The van der Waals surface area contributed by atoms with Gasteiger partial charge in [-0.05, 0) is 20.8 Å². The Kier molecular flexibility index (Phi) is 3.16. The lowest BCUT2D eigenvalue weighted by Crippen LogP contribution is -2.49. The zero-order valence-electron chi connectivity index (χ0n) is 8.86. The van der Waals surface area contributed by atoms with Crippen molar-refractivity contribution in [2.75, 3.05) is 13.1 Å². The van der Waals surface area contributed by atoms with Crippen LogP contribution in [0.3, 0.4) is 0 Å². The highest BCUT2D eigenvalue weighted by molar-refractivity contribution is 5.79. The Morgan fingerprint density at radius 3 is 2.79 bits per heavy atom. The third kappa shape index (κ3) is 3.38. The quantitative estimate of drug-likeness (QED) is 0.676. The summed E-state index contributed by atoms with van der Waals surface area (Å²) < 4.78 is 5.69. The van der Waals surface area contributed by atoms with Crippen LogP contribution in [0.15, 0.2) is 12.3 Å². The van der Waals surface area contributed by atoms with Crippen LogP contribution in [0.4, 0.5) is 0 Å². The number of nitrogens with zero attached hydrogens (tertiary/aromatic N) is 1. The minimum Gasteiger partial charge on any atom is -0.478 e. The van der Waals surface area contributed by atoms with Crippen molar-refractivity contribution in [2.24, 2.45) is 0 Å². The number of rotatable bonds is 2. The van der Waals surface area contributed by atoms with E-state index in [0.717, 1.165) is 19.2 Å². The fourth-order valence-electron chi connectivity index (χ4n) is 1.79. The zero-order chi connectivity index (χ0) is 10.8. The standard InChI is InChI=1S/C10H17NO3/c1-8-6-11(5-4-9(12)13)7-10(2,3)14-8/h4-5,8H,6-7H2,1-3H3,(H,12,13)/b5-4+. The van der Waals surface area contributed by atoms with Gasteiger partial charge in [0.25, 0.3) is 0 Å². The molecule has 4 heteroatoms. The molecule has 14 heavy (non-hydrogen) atoms. The highest BCUT2D eigenvalue weighted by atomic mass is 16.5. The molecule has 1 unspecified atom stereocenters. The minimum absolute atomic E-state index is 0.136. The molecule has 0 radical (unpaired) electrons. The Balaban J connectivity index is 2.58. The van der Waals surface area contributed by atoms with Crippen LogP contribution < -0.4 is 0 Å². The Bertz CT molecular complexity index is 248. The van der Waals surface area contributed by atoms with E-state index in [1.807, 2.05) is 25.7 Å². The molecule has 0 bridgehead atoms. The van der Waals surface area contributed by atoms with Gasteiger partial charge in [0.15, 0.2) is 0 Å². The van der Waals surface area contributed by atoms with E-state index in [9.17, 15) is 4.79 Å². The van der Waals surface area contributed by atoms with Gasteiger partial charge < -0.3 is 14.7 Å². The van der Waals surface area contributed by atoms with E-state index in [1.54, 1.807) is 6.20 Å². The van der Waals surface area contributed by atoms with Crippen LogP contribution in [-0.4, -0.2) is 40.8 Å². The summed E-state index contributed by atoms with van der Waals surface area (Å²) in [5.41, 5.74) is -0.208. The number of carboxylic acid groups (broad SMARTS) is 1. The first-order valence-electron chi connectivity index (χ1n) is 4.72. The lowest BCUT2D eigenvalue weighted by molar-refractivity contribution is -0.132. The van der Waals surface area contributed by atoms with Gasteiger partial charge in [-0.1, -0.05) is 0 Å². The number of aliphatic carboxylic acids is 1. The Morgan fingerprint density at radius 1 is 1.64 bits per heavy atom. The summed E-state index contributed by atoms with van der Waals surface area (Å²) in [4.78, 5) is 12.3. The molecule has 4 nitrogen and oxygen atoms in total. The Labute approximate surface area is 84.2 Å². The molecule has 1 N–H and O–H groups in total. The van der Waals surface area contributed by atoms with Crippen molar-refractivity contribution in [3.8, 4) is 0 Å². The predicted octanol–water partition coefficient (Wildman–Crippen LogP) is 1.08. The minimum atomic E-state index is -0.915. The molecular weight excluding hydrogens is 182 g/mol. The van der Waals surface area contributed by atoms with Crippen LogP contribution in [-0.2, 0) is 9.53 Å². The molecule has 1 aliphatic rings. The molecule has 1 saturated heterocycles. The van der Waals surface area contributed by atoms with Crippen molar-refractivity contribution >= 4 is 5.97 Å². The molecule has 0 spiro atoms. The highest BCUT2D eigenvalue weighted by Gasteiger charge is 2.29. The van der Waals surface area contributed by atoms with Crippen LogP contribution >= 0.6 is 0 Å². The first-order valence-corrected chi connectivity index (χ1v) is 4.72. The van der Waals surface area contributed by atoms with Crippen molar-refractivity contribution in [3.63, 3.8) is 0 Å². The monoisotopic (exact) mass is 199 g/mol. The van der Waals surface area contributed by atoms with Gasteiger partial charge in [0.05, 0.1) is 11.7 Å². The largest absolute Gasteiger partial charge is 0.478 e. The molecule has 1 rings (SSSR count). The molecule has 80 valence electrons. The number of carboxylic acids is 1. The smallest absolute Gasteiger partial charge is 0.329 e. The molecule has 1 aliphatic heterocycles. The van der Waals surface area contributed by atoms with Crippen molar-refractivity contribution in [1.82, 2.24) is 4.90 Å². The molecular formula is C10H17NO3. The molecule has 1 atom stereocenters. The number of carbonyl (C=O) groups is 1. The maximum Gasteiger partial charge on any atom is 0.329 e. The maximum atomic E-state index is 10.3. The molecule has 1 heterocycles. The van der Waals surface area contributed by atoms with E-state index in [1.165, 1.54) is 0 Å². The first kappa shape index (κ1) is 11.0. The van der Waals surface area contributed by atoms with E-state index in [0.29, 0.717) is 0 Å². The van der Waals surface area contributed by atoms with Crippen molar-refractivity contribution in [2.45, 2.75) is 32.5 Å². The number of morpholine rings is 1. The molecule has 0 aromatic rings. The lowest BCUT2D eigenvalue weighted by atomic mass is 10.1. The molecule has 0 saturated carbocycles. The predicted molar refractivity (Wildman–Crippen MR) is 53.0 cm³/mol. The van der Waals surface area contributed by atoms with Gasteiger partial charge in [0.2, 0.25) is 0 Å². The Hall–Kier alpha value is -1.03. The van der Waals surface area contributed by atoms with Crippen LogP contribution in [0.2, 0.25) is 0 Å². The van der Waals surface area contributed by atoms with Crippen LogP contribution in [0, 0.1) is 0 Å². The average molecular weight is 199 g/mol. The second-order valence-electron chi connectivity index (χ2n) is 4.27. The second-order valence-corrected chi connectivity index (χ2v) is 4.27. The van der Waals surface area contributed by atoms with E-state index in [-0.39, 0.29) is 11.7 Å². The third-order valence-corrected chi connectivity index (χ3v) is 2.02.